The number of hydrogen-bond acceptors (Lipinski definition) is 5. The van der Waals surface area contributed by atoms with Crippen LogP contribution in [0.25, 0.3) is 0 Å². The number of rotatable bonds is 6. The average Bonchev–Trinajstić information content (AvgIpc) is 3.08. The molecular formula is C20H21Cl3F2N4O2. The number of anilines is 1. The molecule has 1 fully saturated rings. The molecule has 3 rings (SSSR count). The first kappa shape index (κ1) is 23.9. The fraction of sp³-hybridized carbons (Fsp3) is 0.400. The minimum atomic E-state index is -2.07. The summed E-state index contributed by atoms with van der Waals surface area (Å²) in [7, 11) is 0. The van der Waals surface area contributed by atoms with Crippen LogP contribution in [-0.4, -0.2) is 34.1 Å². The number of halogens is 5. The Morgan fingerprint density at radius 1 is 1.32 bits per heavy atom. The van der Waals surface area contributed by atoms with E-state index in [1.807, 2.05) is 0 Å². The Balaban J connectivity index is 1.92. The summed E-state index contributed by atoms with van der Waals surface area (Å²) in [5, 5.41) is 12.8. The van der Waals surface area contributed by atoms with Gasteiger partial charge in [0.2, 0.25) is 5.91 Å². The molecule has 31 heavy (non-hydrogen) atoms. The van der Waals surface area contributed by atoms with Crippen molar-refractivity contribution < 1.29 is 18.9 Å². The van der Waals surface area contributed by atoms with Crippen molar-refractivity contribution in [3.8, 4) is 0 Å². The van der Waals surface area contributed by atoms with E-state index >= 15 is 0 Å². The molecule has 11 heteroatoms. The molecule has 2 heterocycles. The zero-order valence-electron chi connectivity index (χ0n) is 16.8. The topological polar surface area (TPSA) is 68.7 Å². The standard InChI is InChI=1S/C20H21Cl3F2N4O2/c1-3-17(30)26-10-12-4-5-16(27-11(12)2)28-7-6-20(19(28)31,29(24)25)13-8-14(21)18(23)15(22)9-13/h4-5,8-9,19,31H,3,6-7,10H2,1-2H3,(H,26,30). The van der Waals surface area contributed by atoms with Gasteiger partial charge in [0.1, 0.15) is 5.82 Å². The van der Waals surface area contributed by atoms with Gasteiger partial charge in [-0.15, -0.1) is 8.96 Å². The molecule has 2 unspecified atom stereocenters. The number of amides is 1. The number of aryl methyl sites for hydroxylation is 1. The first-order chi connectivity index (χ1) is 14.6. The summed E-state index contributed by atoms with van der Waals surface area (Å²) < 4.78 is 28.4. The summed E-state index contributed by atoms with van der Waals surface area (Å²) in [5.41, 5.74) is -0.614. The van der Waals surface area contributed by atoms with Crippen LogP contribution in [0.15, 0.2) is 24.3 Å². The van der Waals surface area contributed by atoms with E-state index in [1.54, 1.807) is 26.0 Å². The second-order valence-electron chi connectivity index (χ2n) is 7.27. The van der Waals surface area contributed by atoms with Gasteiger partial charge in [0.15, 0.2) is 11.8 Å². The molecule has 1 amide bonds. The van der Waals surface area contributed by atoms with Crippen LogP contribution in [0.1, 0.15) is 36.6 Å². The molecular weight excluding hydrogens is 473 g/mol. The first-order valence-electron chi connectivity index (χ1n) is 9.56. The summed E-state index contributed by atoms with van der Waals surface area (Å²) in [4.78, 5) is 17.3. The van der Waals surface area contributed by atoms with Crippen molar-refractivity contribution in [1.82, 2.24) is 15.6 Å². The largest absolute Gasteiger partial charge is 0.371 e. The molecule has 2 N–H and O–H groups in total. The molecule has 1 aliphatic rings. The number of carbonyl (C=O) groups is 1. The zero-order chi connectivity index (χ0) is 22.9. The number of aromatic nitrogens is 1. The van der Waals surface area contributed by atoms with E-state index in [1.165, 1.54) is 17.0 Å². The third kappa shape index (κ3) is 4.45. The predicted molar refractivity (Wildman–Crippen MR) is 116 cm³/mol. The van der Waals surface area contributed by atoms with Crippen molar-refractivity contribution in [2.45, 2.75) is 45.0 Å². The van der Waals surface area contributed by atoms with E-state index < -0.39 is 17.1 Å². The molecule has 6 nitrogen and oxygen atoms in total. The average molecular weight is 494 g/mol. The minimum absolute atomic E-state index is 0.0171. The van der Waals surface area contributed by atoms with Crippen LogP contribution in [-0.2, 0) is 16.9 Å². The quantitative estimate of drug-likeness (QED) is 0.444. The van der Waals surface area contributed by atoms with Gasteiger partial charge in [0, 0.05) is 30.5 Å². The summed E-state index contributed by atoms with van der Waals surface area (Å²) >= 11 is 18.1. The van der Waals surface area contributed by atoms with E-state index in [9.17, 15) is 18.9 Å². The van der Waals surface area contributed by atoms with E-state index in [2.05, 4.69) is 10.3 Å². The molecule has 1 aliphatic heterocycles. The maximum absolute atomic E-state index is 14.2. The highest BCUT2D eigenvalue weighted by Gasteiger charge is 2.55. The van der Waals surface area contributed by atoms with Crippen molar-refractivity contribution in [3.05, 3.63) is 56.2 Å². The highest BCUT2D eigenvalue weighted by molar-refractivity contribution is 6.48. The Bertz CT molecular complexity index is 972. The van der Waals surface area contributed by atoms with Gasteiger partial charge >= 0.3 is 0 Å². The van der Waals surface area contributed by atoms with Crippen molar-refractivity contribution in [2.24, 2.45) is 0 Å². The normalized spacial score (nSPS) is 21.1. The maximum atomic E-state index is 14.2. The van der Waals surface area contributed by atoms with Crippen molar-refractivity contribution in [1.29, 1.82) is 0 Å². The molecule has 1 saturated heterocycles. The Labute approximate surface area is 193 Å². The van der Waals surface area contributed by atoms with Gasteiger partial charge in [-0.25, -0.2) is 4.98 Å². The van der Waals surface area contributed by atoms with Gasteiger partial charge in [0.25, 0.3) is 0 Å². The fourth-order valence-corrected chi connectivity index (χ4v) is 4.25. The lowest BCUT2D eigenvalue weighted by Crippen LogP contribution is -2.49. The molecule has 1 aromatic carbocycles. The van der Waals surface area contributed by atoms with Gasteiger partial charge in [-0.05, 0) is 42.7 Å². The third-order valence-corrected chi connectivity index (χ3v) is 6.71. The van der Waals surface area contributed by atoms with E-state index in [0.29, 0.717) is 24.5 Å². The molecule has 1 aromatic heterocycles. The number of nitrogens with zero attached hydrogens (tertiary/aromatic N) is 3. The van der Waals surface area contributed by atoms with E-state index in [4.69, 9.17) is 34.8 Å². The molecule has 0 bridgehead atoms. The Morgan fingerprint density at radius 3 is 2.52 bits per heavy atom. The van der Waals surface area contributed by atoms with Gasteiger partial charge in [-0.2, -0.15) is 0 Å². The molecule has 0 radical (unpaired) electrons. The van der Waals surface area contributed by atoms with Crippen LogP contribution in [0, 0.1) is 6.92 Å². The van der Waals surface area contributed by atoms with Crippen LogP contribution in [0.5, 0.6) is 0 Å². The summed E-state index contributed by atoms with van der Waals surface area (Å²) in [6.07, 6.45) is -1.37. The van der Waals surface area contributed by atoms with E-state index in [0.717, 1.165) is 5.56 Å². The Kier molecular flexibility index (Phi) is 7.28. The molecule has 2 atom stereocenters. The van der Waals surface area contributed by atoms with E-state index in [-0.39, 0.29) is 39.5 Å². The van der Waals surface area contributed by atoms with Gasteiger partial charge in [-0.1, -0.05) is 47.8 Å². The monoisotopic (exact) mass is 492 g/mol. The van der Waals surface area contributed by atoms with Gasteiger partial charge in [-0.3, -0.25) is 4.79 Å². The lowest BCUT2D eigenvalue weighted by Gasteiger charge is -2.35. The van der Waals surface area contributed by atoms with Crippen LogP contribution in [0.3, 0.4) is 0 Å². The number of benzene rings is 1. The third-order valence-electron chi connectivity index (χ3n) is 5.51. The number of aliphatic hydroxyl groups is 1. The minimum Gasteiger partial charge on any atom is -0.371 e. The second kappa shape index (κ2) is 9.42. The van der Waals surface area contributed by atoms with Crippen molar-refractivity contribution in [2.75, 3.05) is 11.4 Å². The van der Waals surface area contributed by atoms with Gasteiger partial charge in [0.05, 0.1) is 15.1 Å². The summed E-state index contributed by atoms with van der Waals surface area (Å²) in [5.74, 6) is 0.250. The molecule has 0 saturated carbocycles. The lowest BCUT2D eigenvalue weighted by molar-refractivity contribution is -0.257. The molecule has 2 aromatic rings. The SMILES string of the molecule is CCC(=O)NCc1ccc(N2CCC(c3cc(Cl)c(Cl)c(Cl)c3)(N(F)F)C2O)nc1C. The second-order valence-corrected chi connectivity index (χ2v) is 8.46. The summed E-state index contributed by atoms with van der Waals surface area (Å²) in [6.45, 7) is 3.93. The number of carbonyl (C=O) groups excluding carboxylic acids is 1. The maximum Gasteiger partial charge on any atom is 0.219 e. The lowest BCUT2D eigenvalue weighted by atomic mass is 9.88. The molecule has 168 valence electrons. The number of hydrogen-bond donors (Lipinski definition) is 2. The van der Waals surface area contributed by atoms with Crippen molar-refractivity contribution >= 4 is 46.5 Å². The number of nitrogens with one attached hydrogen (secondary N) is 1. The highest BCUT2D eigenvalue weighted by Crippen LogP contribution is 2.46. The summed E-state index contributed by atoms with van der Waals surface area (Å²) in [6, 6.07) is 5.95. The van der Waals surface area contributed by atoms with Crippen LogP contribution in [0.4, 0.5) is 14.8 Å². The smallest absolute Gasteiger partial charge is 0.219 e. The van der Waals surface area contributed by atoms with Crippen LogP contribution < -0.4 is 10.2 Å². The zero-order valence-corrected chi connectivity index (χ0v) is 19.1. The van der Waals surface area contributed by atoms with Crippen LogP contribution >= 0.6 is 34.8 Å². The van der Waals surface area contributed by atoms with Crippen molar-refractivity contribution in [3.63, 3.8) is 0 Å². The Hall–Kier alpha value is -1.71. The van der Waals surface area contributed by atoms with Crippen LogP contribution in [0.2, 0.25) is 15.1 Å². The number of aliphatic hydroxyl groups excluding tert-OH is 1. The fourth-order valence-electron chi connectivity index (χ4n) is 3.65. The molecule has 0 aliphatic carbocycles. The number of pyridine rings is 1. The highest BCUT2D eigenvalue weighted by atomic mass is 35.5. The molecule has 0 spiro atoms. The first-order valence-corrected chi connectivity index (χ1v) is 10.7. The predicted octanol–water partition coefficient (Wildman–Crippen LogP) is 4.87. The van der Waals surface area contributed by atoms with Gasteiger partial charge < -0.3 is 15.3 Å². The Morgan fingerprint density at radius 2 is 1.97 bits per heavy atom.